The standard InChI is InChI=1S/C20H24FN3O/c1-15-14-16-8-3-5-10-18(16)24(15)20(25)22-12-7-13-23(2)19-11-6-4-9-17(19)21/h3-6,8-11,15H,7,12-14H2,1-2H3,(H,22,25). The van der Waals surface area contributed by atoms with E-state index in [1.165, 1.54) is 11.6 Å². The minimum Gasteiger partial charge on any atom is -0.372 e. The van der Waals surface area contributed by atoms with Crippen molar-refractivity contribution in [2.45, 2.75) is 25.8 Å². The summed E-state index contributed by atoms with van der Waals surface area (Å²) in [6.45, 7) is 3.29. The van der Waals surface area contributed by atoms with Crippen LogP contribution in [0.1, 0.15) is 18.9 Å². The molecule has 4 nitrogen and oxygen atoms in total. The molecule has 0 radical (unpaired) electrons. The molecule has 1 heterocycles. The second-order valence-electron chi connectivity index (χ2n) is 6.51. The van der Waals surface area contributed by atoms with E-state index in [2.05, 4.69) is 18.3 Å². The van der Waals surface area contributed by atoms with Crippen LogP contribution in [0, 0.1) is 5.82 Å². The summed E-state index contributed by atoms with van der Waals surface area (Å²) in [6, 6.07) is 14.9. The van der Waals surface area contributed by atoms with Crippen molar-refractivity contribution in [1.29, 1.82) is 0 Å². The summed E-state index contributed by atoms with van der Waals surface area (Å²) in [7, 11) is 1.86. The fourth-order valence-corrected chi connectivity index (χ4v) is 3.35. The Bertz CT molecular complexity index is 749. The van der Waals surface area contributed by atoms with Crippen LogP contribution in [0.15, 0.2) is 48.5 Å². The highest BCUT2D eigenvalue weighted by Crippen LogP contribution is 2.31. The normalized spacial score (nSPS) is 15.8. The minimum absolute atomic E-state index is 0.0639. The largest absolute Gasteiger partial charge is 0.372 e. The summed E-state index contributed by atoms with van der Waals surface area (Å²) in [5.74, 6) is -0.225. The first-order valence-corrected chi connectivity index (χ1v) is 8.68. The van der Waals surface area contributed by atoms with E-state index in [4.69, 9.17) is 0 Å². The van der Waals surface area contributed by atoms with Crippen LogP contribution in [0.25, 0.3) is 0 Å². The number of benzene rings is 2. The molecule has 2 amide bonds. The Labute approximate surface area is 148 Å². The molecule has 0 spiro atoms. The van der Waals surface area contributed by atoms with Gasteiger partial charge in [0.15, 0.2) is 0 Å². The fourth-order valence-electron chi connectivity index (χ4n) is 3.35. The number of carbonyl (C=O) groups excluding carboxylic acids is 1. The molecule has 0 aromatic heterocycles. The monoisotopic (exact) mass is 341 g/mol. The van der Waals surface area contributed by atoms with E-state index >= 15 is 0 Å². The molecule has 1 N–H and O–H groups in total. The topological polar surface area (TPSA) is 35.6 Å². The van der Waals surface area contributed by atoms with Gasteiger partial charge in [-0.2, -0.15) is 0 Å². The van der Waals surface area contributed by atoms with E-state index < -0.39 is 0 Å². The third-order valence-corrected chi connectivity index (χ3v) is 4.64. The predicted octanol–water partition coefficient (Wildman–Crippen LogP) is 3.81. The smallest absolute Gasteiger partial charge is 0.322 e. The first-order chi connectivity index (χ1) is 12.1. The van der Waals surface area contributed by atoms with Crippen molar-refractivity contribution in [2.75, 3.05) is 29.9 Å². The molecular formula is C20H24FN3O. The van der Waals surface area contributed by atoms with Crippen molar-refractivity contribution in [3.63, 3.8) is 0 Å². The second kappa shape index (κ2) is 7.55. The Morgan fingerprint density at radius 1 is 1.24 bits per heavy atom. The van der Waals surface area contributed by atoms with Gasteiger partial charge < -0.3 is 10.2 Å². The van der Waals surface area contributed by atoms with Crippen molar-refractivity contribution in [3.05, 3.63) is 59.9 Å². The number of amides is 2. The molecule has 0 bridgehead atoms. The van der Waals surface area contributed by atoms with Crippen molar-refractivity contribution in [1.82, 2.24) is 5.32 Å². The van der Waals surface area contributed by atoms with E-state index in [1.54, 1.807) is 12.1 Å². The number of nitrogens with one attached hydrogen (secondary N) is 1. The molecule has 2 aromatic carbocycles. The molecule has 0 saturated heterocycles. The Balaban J connectivity index is 1.50. The van der Waals surface area contributed by atoms with Gasteiger partial charge in [-0.05, 0) is 43.5 Å². The number of urea groups is 1. The van der Waals surface area contributed by atoms with Crippen LogP contribution in [0.3, 0.4) is 0 Å². The van der Waals surface area contributed by atoms with Crippen molar-refractivity contribution < 1.29 is 9.18 Å². The zero-order chi connectivity index (χ0) is 17.8. The van der Waals surface area contributed by atoms with Crippen molar-refractivity contribution in [2.24, 2.45) is 0 Å². The van der Waals surface area contributed by atoms with Gasteiger partial charge in [0.2, 0.25) is 0 Å². The molecule has 0 aliphatic carbocycles. The molecule has 1 unspecified atom stereocenters. The lowest BCUT2D eigenvalue weighted by Crippen LogP contribution is -2.44. The summed E-state index contributed by atoms with van der Waals surface area (Å²) >= 11 is 0. The fraction of sp³-hybridized carbons (Fsp3) is 0.350. The van der Waals surface area contributed by atoms with Crippen LogP contribution in [0.5, 0.6) is 0 Å². The lowest BCUT2D eigenvalue weighted by Gasteiger charge is -2.24. The summed E-state index contributed by atoms with van der Waals surface area (Å²) in [6.07, 6.45) is 1.64. The molecule has 3 rings (SSSR count). The zero-order valence-corrected chi connectivity index (χ0v) is 14.7. The third-order valence-electron chi connectivity index (χ3n) is 4.64. The number of halogens is 1. The van der Waals surface area contributed by atoms with E-state index in [-0.39, 0.29) is 17.9 Å². The number of rotatable bonds is 5. The highest BCUT2D eigenvalue weighted by Gasteiger charge is 2.30. The van der Waals surface area contributed by atoms with Crippen LogP contribution in [0.2, 0.25) is 0 Å². The van der Waals surface area contributed by atoms with Crippen LogP contribution >= 0.6 is 0 Å². The number of fused-ring (bicyclic) bond motifs is 1. The van der Waals surface area contributed by atoms with Crippen LogP contribution in [0.4, 0.5) is 20.6 Å². The van der Waals surface area contributed by atoms with Gasteiger partial charge in [0.1, 0.15) is 5.82 Å². The van der Waals surface area contributed by atoms with E-state index in [1.807, 2.05) is 41.1 Å². The highest BCUT2D eigenvalue weighted by atomic mass is 19.1. The zero-order valence-electron chi connectivity index (χ0n) is 14.7. The molecule has 0 saturated carbocycles. The molecule has 0 fully saturated rings. The summed E-state index contributed by atoms with van der Waals surface area (Å²) < 4.78 is 13.7. The number of anilines is 2. The van der Waals surface area contributed by atoms with Gasteiger partial charge in [0, 0.05) is 31.9 Å². The Morgan fingerprint density at radius 2 is 1.96 bits per heavy atom. The Morgan fingerprint density at radius 3 is 2.76 bits per heavy atom. The van der Waals surface area contributed by atoms with Crippen LogP contribution in [-0.4, -0.2) is 32.2 Å². The summed E-state index contributed by atoms with van der Waals surface area (Å²) in [4.78, 5) is 16.2. The Hall–Kier alpha value is -2.56. The van der Waals surface area contributed by atoms with Crippen molar-refractivity contribution >= 4 is 17.4 Å². The quantitative estimate of drug-likeness (QED) is 0.840. The number of hydrogen-bond donors (Lipinski definition) is 1. The number of hydrogen-bond acceptors (Lipinski definition) is 2. The summed E-state index contributed by atoms with van der Waals surface area (Å²) in [5, 5.41) is 2.98. The van der Waals surface area contributed by atoms with E-state index in [0.717, 1.165) is 18.5 Å². The van der Waals surface area contributed by atoms with Gasteiger partial charge in [-0.3, -0.25) is 4.90 Å². The van der Waals surface area contributed by atoms with Gasteiger partial charge >= 0.3 is 6.03 Å². The van der Waals surface area contributed by atoms with Crippen LogP contribution < -0.4 is 15.1 Å². The van der Waals surface area contributed by atoms with E-state index in [0.29, 0.717) is 18.8 Å². The third kappa shape index (κ3) is 3.76. The maximum Gasteiger partial charge on any atom is 0.322 e. The molecule has 1 atom stereocenters. The predicted molar refractivity (Wildman–Crippen MR) is 99.8 cm³/mol. The minimum atomic E-state index is -0.225. The first kappa shape index (κ1) is 17.3. The Kier molecular flexibility index (Phi) is 5.22. The highest BCUT2D eigenvalue weighted by molar-refractivity contribution is 5.94. The SMILES string of the molecule is CC1Cc2ccccc2N1C(=O)NCCCN(C)c1ccccc1F. The van der Waals surface area contributed by atoms with Gasteiger partial charge in [0.25, 0.3) is 0 Å². The average Bonchev–Trinajstić information content (AvgIpc) is 2.94. The van der Waals surface area contributed by atoms with Gasteiger partial charge in [0.05, 0.1) is 5.69 Å². The molecule has 132 valence electrons. The van der Waals surface area contributed by atoms with E-state index in [9.17, 15) is 9.18 Å². The lowest BCUT2D eigenvalue weighted by molar-refractivity contribution is 0.245. The number of para-hydroxylation sites is 2. The molecule has 5 heteroatoms. The number of carbonyl (C=O) groups is 1. The number of nitrogens with zero attached hydrogens (tertiary/aromatic N) is 2. The molecular weight excluding hydrogens is 317 g/mol. The molecule has 1 aliphatic heterocycles. The first-order valence-electron chi connectivity index (χ1n) is 8.68. The summed E-state index contributed by atoms with van der Waals surface area (Å²) in [5.41, 5.74) is 2.79. The lowest BCUT2D eigenvalue weighted by atomic mass is 10.1. The average molecular weight is 341 g/mol. The van der Waals surface area contributed by atoms with Gasteiger partial charge in [-0.1, -0.05) is 30.3 Å². The maximum absolute atomic E-state index is 13.7. The second-order valence-corrected chi connectivity index (χ2v) is 6.51. The van der Waals surface area contributed by atoms with Crippen molar-refractivity contribution in [3.8, 4) is 0 Å². The maximum atomic E-state index is 13.7. The van der Waals surface area contributed by atoms with Crippen LogP contribution in [-0.2, 0) is 6.42 Å². The molecule has 25 heavy (non-hydrogen) atoms. The molecule has 2 aromatic rings. The van der Waals surface area contributed by atoms with Gasteiger partial charge in [-0.25, -0.2) is 9.18 Å². The van der Waals surface area contributed by atoms with Gasteiger partial charge in [-0.15, -0.1) is 0 Å². The molecule has 1 aliphatic rings.